The van der Waals surface area contributed by atoms with Crippen LogP contribution in [0.15, 0.2) is 22.1 Å². The fraction of sp³-hybridized carbons (Fsp3) is 0.773. The Kier molecular flexibility index (Phi) is 19.2. The van der Waals surface area contributed by atoms with Gasteiger partial charge in [0.15, 0.2) is 9.84 Å². The minimum absolute atomic E-state index is 0. The predicted octanol–water partition coefficient (Wildman–Crippen LogP) is 2.01. The summed E-state index contributed by atoms with van der Waals surface area (Å²) >= 11 is 1.53. The average molecular weight is 547 g/mol. The van der Waals surface area contributed by atoms with Crippen LogP contribution >= 0.6 is 11.8 Å². The molecular weight excluding hydrogens is 508 g/mol. The van der Waals surface area contributed by atoms with Crippen LogP contribution in [0.5, 0.6) is 0 Å². The van der Waals surface area contributed by atoms with Gasteiger partial charge in [0.2, 0.25) is 0 Å². The Labute approximate surface area is 249 Å². The number of nitrogens with zero attached hydrogens (tertiary/aromatic N) is 2. The normalized spacial score (nSPS) is 16.1. The van der Waals surface area contributed by atoms with Gasteiger partial charge >= 0.3 is 51.4 Å². The van der Waals surface area contributed by atoms with E-state index in [-0.39, 0.29) is 75.6 Å². The van der Waals surface area contributed by atoms with Crippen LogP contribution in [0.4, 0.5) is 0 Å². The van der Waals surface area contributed by atoms with Gasteiger partial charge in [0.1, 0.15) is 11.0 Å². The topological polar surface area (TPSA) is 116 Å². The van der Waals surface area contributed by atoms with Crippen molar-refractivity contribution >= 4 is 31.7 Å². The number of unbranched alkanes of at least 4 members (excludes halogenated alkanes) is 9. The van der Waals surface area contributed by atoms with E-state index in [1.54, 1.807) is 6.08 Å². The van der Waals surface area contributed by atoms with Crippen molar-refractivity contribution in [3.63, 3.8) is 0 Å². The molecule has 11 heteroatoms. The number of hydrogen-bond acceptors (Lipinski definition) is 7. The zero-order valence-corrected chi connectivity index (χ0v) is 25.7. The summed E-state index contributed by atoms with van der Waals surface area (Å²) in [5.74, 6) is 0.476. The van der Waals surface area contributed by atoms with E-state index in [2.05, 4.69) is 6.92 Å². The molecule has 1 N–H and O–H groups in total. The Morgan fingerprint density at radius 2 is 1.61 bits per heavy atom. The van der Waals surface area contributed by atoms with Gasteiger partial charge in [-0.15, -0.1) is 11.8 Å². The molecule has 1 heterocycles. The van der Waals surface area contributed by atoms with E-state index in [1.165, 1.54) is 56.4 Å². The third kappa shape index (κ3) is 16.1. The van der Waals surface area contributed by atoms with Crippen LogP contribution in [0, 0.1) is 11.3 Å². The SMILES string of the molecule is CCCCCCCCCCCCS(=O)(=O)C(C#N)=CC=C1SCCN1CCCS(=O)(=O)O.[H-].[K+]. The van der Waals surface area contributed by atoms with Crippen LogP contribution in [0.1, 0.15) is 79.0 Å². The van der Waals surface area contributed by atoms with Crippen molar-refractivity contribution in [3.05, 3.63) is 22.1 Å². The molecule has 0 atom stereocenters. The Hall–Kier alpha value is 0.616. The molecule has 0 saturated carbocycles. The molecule has 33 heavy (non-hydrogen) atoms. The molecule has 0 aliphatic carbocycles. The summed E-state index contributed by atoms with van der Waals surface area (Å²) in [5, 5.41) is 10.2. The Balaban J connectivity index is 0. The Morgan fingerprint density at radius 3 is 2.15 bits per heavy atom. The summed E-state index contributed by atoms with van der Waals surface area (Å²) < 4.78 is 55.6. The van der Waals surface area contributed by atoms with E-state index >= 15 is 0 Å². The van der Waals surface area contributed by atoms with Crippen molar-refractivity contribution < 1.29 is 74.2 Å². The summed E-state index contributed by atoms with van der Waals surface area (Å²) in [7, 11) is -7.60. The standard InChI is InChI=1S/C22H38N2O5S3.K.H/c1-2-3-4-5-6-7-8-9-10-11-18-31(25,26)21(20-23)13-14-22-24(16-17-30-22)15-12-19-32(27,28)29;;/h13-14H,2-12,15-19H2,1H3,(H,27,28,29);;/q;+1;-1. The van der Waals surface area contributed by atoms with Crippen molar-refractivity contribution in [2.75, 3.05) is 30.3 Å². The molecular formula is C22H39KN2O5S3. The first kappa shape index (κ1) is 33.6. The van der Waals surface area contributed by atoms with Gasteiger partial charge in [-0.05, 0) is 25.0 Å². The van der Waals surface area contributed by atoms with Gasteiger partial charge in [-0.3, -0.25) is 4.55 Å². The summed E-state index contributed by atoms with van der Waals surface area (Å²) in [4.78, 5) is 1.71. The quantitative estimate of drug-likeness (QED) is 0.128. The van der Waals surface area contributed by atoms with Crippen LogP contribution in [0.3, 0.4) is 0 Å². The van der Waals surface area contributed by atoms with Crippen molar-refractivity contribution in [1.82, 2.24) is 4.90 Å². The summed E-state index contributed by atoms with van der Waals surface area (Å²) in [5.41, 5.74) is 0. The van der Waals surface area contributed by atoms with Crippen molar-refractivity contribution in [2.24, 2.45) is 0 Å². The Morgan fingerprint density at radius 1 is 1.03 bits per heavy atom. The molecule has 1 rings (SSSR count). The number of thioether (sulfide) groups is 1. The zero-order valence-electron chi connectivity index (χ0n) is 21.2. The van der Waals surface area contributed by atoms with Crippen LogP contribution in [0.2, 0.25) is 0 Å². The molecule has 186 valence electrons. The third-order valence-corrected chi connectivity index (χ3v) is 8.95. The maximum Gasteiger partial charge on any atom is 1.00 e. The van der Waals surface area contributed by atoms with E-state index < -0.39 is 20.0 Å². The van der Waals surface area contributed by atoms with Crippen LogP contribution in [-0.2, 0) is 20.0 Å². The summed E-state index contributed by atoms with van der Waals surface area (Å²) in [6, 6.07) is 1.82. The van der Waals surface area contributed by atoms with Crippen LogP contribution in [-0.4, -0.2) is 56.6 Å². The molecule has 1 aliphatic heterocycles. The predicted molar refractivity (Wildman–Crippen MR) is 134 cm³/mol. The second kappa shape index (κ2) is 18.8. The second-order valence-corrected chi connectivity index (χ2v) is 12.9. The molecule has 7 nitrogen and oxygen atoms in total. The number of allylic oxidation sites excluding steroid dienone is 3. The van der Waals surface area contributed by atoms with E-state index in [1.807, 2.05) is 11.0 Å². The first-order chi connectivity index (χ1) is 15.2. The van der Waals surface area contributed by atoms with Gasteiger partial charge < -0.3 is 6.33 Å². The zero-order chi connectivity index (χ0) is 23.9. The minimum atomic E-state index is -3.99. The second-order valence-electron chi connectivity index (χ2n) is 8.12. The number of sulfone groups is 1. The largest absolute Gasteiger partial charge is 1.00 e. The maximum atomic E-state index is 12.5. The molecule has 0 amide bonds. The fourth-order valence-corrected chi connectivity index (χ4v) is 6.28. The molecule has 0 aromatic heterocycles. The van der Waals surface area contributed by atoms with E-state index in [0.29, 0.717) is 19.5 Å². The molecule has 0 aromatic rings. The summed E-state index contributed by atoms with van der Waals surface area (Å²) in [6.07, 6.45) is 14.4. The van der Waals surface area contributed by atoms with Gasteiger partial charge in [0, 0.05) is 18.8 Å². The monoisotopic (exact) mass is 546 g/mol. The number of rotatable bonds is 17. The van der Waals surface area contributed by atoms with E-state index in [4.69, 9.17) is 4.55 Å². The van der Waals surface area contributed by atoms with Gasteiger partial charge in [0.25, 0.3) is 10.1 Å². The van der Waals surface area contributed by atoms with E-state index in [0.717, 1.165) is 30.0 Å². The summed E-state index contributed by atoms with van der Waals surface area (Å²) in [6.45, 7) is 3.36. The Bertz CT molecular complexity index is 871. The minimum Gasteiger partial charge on any atom is -1.00 e. The molecule has 0 aromatic carbocycles. The van der Waals surface area contributed by atoms with Gasteiger partial charge in [0.05, 0.1) is 16.5 Å². The molecule has 0 bridgehead atoms. The molecule has 0 unspecified atom stereocenters. The smallest absolute Gasteiger partial charge is 1.00 e. The van der Waals surface area contributed by atoms with Crippen LogP contribution < -0.4 is 51.4 Å². The molecule has 1 fully saturated rings. The van der Waals surface area contributed by atoms with Gasteiger partial charge in [-0.1, -0.05) is 64.7 Å². The van der Waals surface area contributed by atoms with E-state index in [9.17, 15) is 22.1 Å². The van der Waals surface area contributed by atoms with Crippen LogP contribution in [0.25, 0.3) is 0 Å². The number of nitriles is 1. The van der Waals surface area contributed by atoms with Crippen molar-refractivity contribution in [3.8, 4) is 6.07 Å². The molecule has 0 spiro atoms. The molecule has 0 radical (unpaired) electrons. The van der Waals surface area contributed by atoms with Crippen molar-refractivity contribution in [2.45, 2.75) is 77.6 Å². The number of hydrogen-bond donors (Lipinski definition) is 1. The maximum absolute atomic E-state index is 12.5. The first-order valence-corrected chi connectivity index (χ1v) is 15.8. The average Bonchev–Trinajstić information content (AvgIpc) is 3.16. The fourth-order valence-electron chi connectivity index (χ4n) is 3.52. The molecule has 1 saturated heterocycles. The first-order valence-electron chi connectivity index (χ1n) is 11.6. The van der Waals surface area contributed by atoms with Crippen molar-refractivity contribution in [1.29, 1.82) is 5.26 Å². The van der Waals surface area contributed by atoms with Gasteiger partial charge in [-0.2, -0.15) is 13.7 Å². The molecule has 1 aliphatic rings. The third-order valence-electron chi connectivity index (χ3n) is 5.34. The van der Waals surface area contributed by atoms with Gasteiger partial charge in [-0.25, -0.2) is 8.42 Å².